The summed E-state index contributed by atoms with van der Waals surface area (Å²) < 4.78 is 5.49. The molecule has 1 heteroatoms. The lowest BCUT2D eigenvalue weighted by molar-refractivity contribution is -0.0557. The van der Waals surface area contributed by atoms with Gasteiger partial charge in [0.2, 0.25) is 0 Å². The normalized spacial score (nSPS) is 28.6. The molecule has 0 aromatic rings. The molecule has 0 amide bonds. The van der Waals surface area contributed by atoms with Crippen molar-refractivity contribution < 1.29 is 4.74 Å². The SMILES string of the molecule is CC.C[C@@H]1OCCCC1(C)C. The Balaban J connectivity index is 0.000000461. The summed E-state index contributed by atoms with van der Waals surface area (Å²) >= 11 is 0. The van der Waals surface area contributed by atoms with Crippen LogP contribution in [0.4, 0.5) is 0 Å². The fraction of sp³-hybridized carbons (Fsp3) is 1.00. The highest BCUT2D eigenvalue weighted by atomic mass is 16.5. The van der Waals surface area contributed by atoms with Crippen molar-refractivity contribution in [2.45, 2.75) is 53.6 Å². The summed E-state index contributed by atoms with van der Waals surface area (Å²) in [5.74, 6) is 0. The molecule has 68 valence electrons. The summed E-state index contributed by atoms with van der Waals surface area (Å²) in [5.41, 5.74) is 0.415. The van der Waals surface area contributed by atoms with E-state index >= 15 is 0 Å². The third-order valence-corrected chi connectivity index (χ3v) is 2.43. The highest BCUT2D eigenvalue weighted by molar-refractivity contribution is 4.78. The minimum atomic E-state index is 0.415. The van der Waals surface area contributed by atoms with Gasteiger partial charge in [-0.25, -0.2) is 0 Å². The van der Waals surface area contributed by atoms with E-state index in [2.05, 4.69) is 20.8 Å². The Morgan fingerprint density at radius 1 is 1.27 bits per heavy atom. The standard InChI is InChI=1S/C8H16O.C2H6/c1-7-8(2,3)5-4-6-9-7;1-2/h7H,4-6H2,1-3H3;1-2H3/t7-;/m0./s1. The summed E-state index contributed by atoms with van der Waals surface area (Å²) in [7, 11) is 0. The molecule has 1 saturated heterocycles. The van der Waals surface area contributed by atoms with Crippen molar-refractivity contribution in [3.63, 3.8) is 0 Å². The first-order chi connectivity index (χ1) is 5.13. The Kier molecular flexibility index (Phi) is 4.74. The van der Waals surface area contributed by atoms with E-state index in [0.29, 0.717) is 11.5 Å². The fourth-order valence-electron chi connectivity index (χ4n) is 1.22. The molecule has 0 saturated carbocycles. The van der Waals surface area contributed by atoms with E-state index in [1.807, 2.05) is 13.8 Å². The minimum Gasteiger partial charge on any atom is -0.378 e. The summed E-state index contributed by atoms with van der Waals surface area (Å²) in [5, 5.41) is 0. The predicted octanol–water partition coefficient (Wildman–Crippen LogP) is 3.24. The molecule has 0 bridgehead atoms. The smallest absolute Gasteiger partial charge is 0.0597 e. The number of rotatable bonds is 0. The predicted molar refractivity (Wildman–Crippen MR) is 49.8 cm³/mol. The highest BCUT2D eigenvalue weighted by Gasteiger charge is 2.29. The van der Waals surface area contributed by atoms with Gasteiger partial charge in [-0.2, -0.15) is 0 Å². The topological polar surface area (TPSA) is 9.23 Å². The van der Waals surface area contributed by atoms with Gasteiger partial charge in [0.25, 0.3) is 0 Å². The monoisotopic (exact) mass is 158 g/mol. The quantitative estimate of drug-likeness (QED) is 0.526. The van der Waals surface area contributed by atoms with Crippen LogP contribution in [0.25, 0.3) is 0 Å². The van der Waals surface area contributed by atoms with Crippen LogP contribution >= 0.6 is 0 Å². The van der Waals surface area contributed by atoms with Crippen LogP contribution in [-0.4, -0.2) is 12.7 Å². The molecule has 11 heavy (non-hydrogen) atoms. The van der Waals surface area contributed by atoms with Gasteiger partial charge < -0.3 is 4.74 Å². The third kappa shape index (κ3) is 3.24. The van der Waals surface area contributed by atoms with Crippen LogP contribution in [0, 0.1) is 5.41 Å². The molecule has 0 aromatic carbocycles. The molecule has 0 radical (unpaired) electrons. The van der Waals surface area contributed by atoms with Crippen molar-refractivity contribution in [1.82, 2.24) is 0 Å². The number of hydrogen-bond acceptors (Lipinski definition) is 1. The highest BCUT2D eigenvalue weighted by Crippen LogP contribution is 2.32. The molecule has 0 spiro atoms. The zero-order valence-corrected chi connectivity index (χ0v) is 8.61. The second-order valence-electron chi connectivity index (χ2n) is 3.61. The maximum atomic E-state index is 5.49. The van der Waals surface area contributed by atoms with Crippen LogP contribution in [0.5, 0.6) is 0 Å². The van der Waals surface area contributed by atoms with Crippen LogP contribution in [0.2, 0.25) is 0 Å². The first-order valence-electron chi connectivity index (χ1n) is 4.74. The molecule has 0 aromatic heterocycles. The first kappa shape index (κ1) is 11.0. The Bertz CT molecular complexity index is 97.0. The molecule has 1 aliphatic heterocycles. The molecular weight excluding hydrogens is 136 g/mol. The number of hydrogen-bond donors (Lipinski definition) is 0. The third-order valence-electron chi connectivity index (χ3n) is 2.43. The van der Waals surface area contributed by atoms with E-state index in [0.717, 1.165) is 6.61 Å². The second-order valence-corrected chi connectivity index (χ2v) is 3.61. The summed E-state index contributed by atoms with van der Waals surface area (Å²) in [6.45, 7) is 11.7. The van der Waals surface area contributed by atoms with Crippen LogP contribution < -0.4 is 0 Å². The van der Waals surface area contributed by atoms with Crippen molar-refractivity contribution in [1.29, 1.82) is 0 Å². The van der Waals surface area contributed by atoms with Crippen LogP contribution in [0.3, 0.4) is 0 Å². The average molecular weight is 158 g/mol. The van der Waals surface area contributed by atoms with Crippen molar-refractivity contribution in [2.24, 2.45) is 5.41 Å². The van der Waals surface area contributed by atoms with Crippen LogP contribution in [0.1, 0.15) is 47.5 Å². The fourth-order valence-corrected chi connectivity index (χ4v) is 1.22. The largest absolute Gasteiger partial charge is 0.378 e. The minimum absolute atomic E-state index is 0.415. The molecule has 0 N–H and O–H groups in total. The van der Waals surface area contributed by atoms with Gasteiger partial charge in [-0.05, 0) is 25.2 Å². The van der Waals surface area contributed by atoms with Crippen molar-refractivity contribution >= 4 is 0 Å². The molecule has 1 atom stereocenters. The van der Waals surface area contributed by atoms with Gasteiger partial charge in [0.1, 0.15) is 0 Å². The van der Waals surface area contributed by atoms with Gasteiger partial charge in [-0.3, -0.25) is 0 Å². The molecule has 1 heterocycles. The van der Waals surface area contributed by atoms with E-state index in [1.165, 1.54) is 12.8 Å². The van der Waals surface area contributed by atoms with Gasteiger partial charge in [-0.15, -0.1) is 0 Å². The number of ether oxygens (including phenoxy) is 1. The van der Waals surface area contributed by atoms with Crippen molar-refractivity contribution in [3.8, 4) is 0 Å². The van der Waals surface area contributed by atoms with Crippen LogP contribution in [0.15, 0.2) is 0 Å². The molecule has 1 aliphatic rings. The first-order valence-corrected chi connectivity index (χ1v) is 4.74. The molecular formula is C10H22O. The van der Waals surface area contributed by atoms with Gasteiger partial charge in [0.15, 0.2) is 0 Å². The Morgan fingerprint density at radius 3 is 2.09 bits per heavy atom. The van der Waals surface area contributed by atoms with E-state index in [-0.39, 0.29) is 0 Å². The lowest BCUT2D eigenvalue weighted by atomic mass is 9.81. The molecule has 1 fully saturated rings. The van der Waals surface area contributed by atoms with E-state index < -0.39 is 0 Å². The molecule has 1 rings (SSSR count). The molecule has 0 aliphatic carbocycles. The van der Waals surface area contributed by atoms with Crippen LogP contribution in [-0.2, 0) is 4.74 Å². The second kappa shape index (κ2) is 4.76. The maximum absolute atomic E-state index is 5.49. The van der Waals surface area contributed by atoms with E-state index in [4.69, 9.17) is 4.74 Å². The summed E-state index contributed by atoms with van der Waals surface area (Å²) in [6.07, 6.45) is 3.00. The van der Waals surface area contributed by atoms with E-state index in [9.17, 15) is 0 Å². The Labute approximate surface area is 71.1 Å². The summed E-state index contributed by atoms with van der Waals surface area (Å²) in [6, 6.07) is 0. The van der Waals surface area contributed by atoms with Crippen molar-refractivity contribution in [3.05, 3.63) is 0 Å². The van der Waals surface area contributed by atoms with E-state index in [1.54, 1.807) is 0 Å². The average Bonchev–Trinajstić information content (AvgIpc) is 2.00. The molecule has 1 nitrogen and oxygen atoms in total. The zero-order chi connectivity index (χ0) is 8.91. The summed E-state index contributed by atoms with van der Waals surface area (Å²) in [4.78, 5) is 0. The van der Waals surface area contributed by atoms with Gasteiger partial charge in [-0.1, -0.05) is 27.7 Å². The van der Waals surface area contributed by atoms with Crippen molar-refractivity contribution in [2.75, 3.05) is 6.61 Å². The lowest BCUT2D eigenvalue weighted by Crippen LogP contribution is -2.34. The van der Waals surface area contributed by atoms with Gasteiger partial charge in [0.05, 0.1) is 6.10 Å². The maximum Gasteiger partial charge on any atom is 0.0597 e. The lowest BCUT2D eigenvalue weighted by Gasteiger charge is -2.36. The Morgan fingerprint density at radius 2 is 1.82 bits per heavy atom. The van der Waals surface area contributed by atoms with Gasteiger partial charge in [0, 0.05) is 6.61 Å². The Hall–Kier alpha value is -0.0400. The van der Waals surface area contributed by atoms with Gasteiger partial charge >= 0.3 is 0 Å². The molecule has 0 unspecified atom stereocenters. The zero-order valence-electron chi connectivity index (χ0n) is 8.61.